The number of benzene rings is 1. The van der Waals surface area contributed by atoms with E-state index in [-0.39, 0.29) is 0 Å². The largest absolute Gasteiger partial charge is 0.493 e. The van der Waals surface area contributed by atoms with Gasteiger partial charge in [-0.1, -0.05) is 6.07 Å². The Labute approximate surface area is 118 Å². The van der Waals surface area contributed by atoms with Crippen molar-refractivity contribution in [3.05, 3.63) is 36.5 Å². The predicted molar refractivity (Wildman–Crippen MR) is 76.5 cm³/mol. The standard InChI is InChI=1S/C14H15NO3.CH2O/c1-16-12-8-10(11-6-4-5-7-15-11)9-13(17-2)14(12)18-3;1-2/h4-9H,1-3H3;1H2. The summed E-state index contributed by atoms with van der Waals surface area (Å²) in [4.78, 5) is 12.3. The average Bonchev–Trinajstić information content (AvgIpc) is 2.56. The minimum absolute atomic E-state index is 0.583. The van der Waals surface area contributed by atoms with Crippen molar-refractivity contribution >= 4 is 6.79 Å². The van der Waals surface area contributed by atoms with Crippen molar-refractivity contribution in [1.29, 1.82) is 0 Å². The van der Waals surface area contributed by atoms with Gasteiger partial charge >= 0.3 is 0 Å². The lowest BCUT2D eigenvalue weighted by Crippen LogP contribution is -1.96. The van der Waals surface area contributed by atoms with Gasteiger partial charge in [0.05, 0.1) is 27.0 Å². The number of methoxy groups -OCH3 is 3. The summed E-state index contributed by atoms with van der Waals surface area (Å²) < 4.78 is 15.9. The van der Waals surface area contributed by atoms with Crippen molar-refractivity contribution in [1.82, 2.24) is 4.98 Å². The Balaban J connectivity index is 0.000000956. The van der Waals surface area contributed by atoms with Crippen LogP contribution in [0.2, 0.25) is 0 Å². The second-order valence-electron chi connectivity index (χ2n) is 3.63. The molecule has 20 heavy (non-hydrogen) atoms. The minimum Gasteiger partial charge on any atom is -0.493 e. The summed E-state index contributed by atoms with van der Waals surface area (Å²) in [6.45, 7) is 2.00. The van der Waals surface area contributed by atoms with Gasteiger partial charge in [-0.15, -0.1) is 0 Å². The molecular weight excluding hydrogens is 258 g/mol. The van der Waals surface area contributed by atoms with E-state index in [1.54, 1.807) is 27.5 Å². The van der Waals surface area contributed by atoms with Gasteiger partial charge in [0.1, 0.15) is 6.79 Å². The van der Waals surface area contributed by atoms with Crippen LogP contribution in [0.5, 0.6) is 17.2 Å². The maximum Gasteiger partial charge on any atom is 0.203 e. The molecule has 0 unspecified atom stereocenters. The van der Waals surface area contributed by atoms with Crippen LogP contribution in [-0.2, 0) is 4.79 Å². The highest BCUT2D eigenvalue weighted by molar-refractivity contribution is 5.68. The SMILES string of the molecule is C=O.COc1cc(-c2ccccn2)cc(OC)c1OC. The Morgan fingerprint density at radius 2 is 1.55 bits per heavy atom. The van der Waals surface area contributed by atoms with Crippen LogP contribution in [0.1, 0.15) is 0 Å². The highest BCUT2D eigenvalue weighted by atomic mass is 16.5. The van der Waals surface area contributed by atoms with Crippen LogP contribution in [-0.4, -0.2) is 33.1 Å². The molecule has 0 saturated carbocycles. The van der Waals surface area contributed by atoms with Crippen LogP contribution >= 0.6 is 0 Å². The lowest BCUT2D eigenvalue weighted by Gasteiger charge is -2.13. The number of pyridine rings is 1. The van der Waals surface area contributed by atoms with Crippen LogP contribution in [0.15, 0.2) is 36.5 Å². The maximum atomic E-state index is 8.00. The first-order chi connectivity index (χ1) is 9.80. The molecule has 0 radical (unpaired) electrons. The molecule has 0 amide bonds. The van der Waals surface area contributed by atoms with Gasteiger partial charge in [0.2, 0.25) is 5.75 Å². The van der Waals surface area contributed by atoms with E-state index in [1.807, 2.05) is 37.1 Å². The van der Waals surface area contributed by atoms with Gasteiger partial charge in [-0.2, -0.15) is 0 Å². The summed E-state index contributed by atoms with van der Waals surface area (Å²) in [5.74, 6) is 1.83. The molecule has 0 spiro atoms. The third-order valence-electron chi connectivity index (χ3n) is 2.63. The molecule has 0 fully saturated rings. The summed E-state index contributed by atoms with van der Waals surface area (Å²) in [5, 5.41) is 0. The summed E-state index contributed by atoms with van der Waals surface area (Å²) in [5.41, 5.74) is 1.78. The number of hydrogen-bond acceptors (Lipinski definition) is 5. The molecule has 0 N–H and O–H groups in total. The van der Waals surface area contributed by atoms with Crippen molar-refractivity contribution in [3.63, 3.8) is 0 Å². The highest BCUT2D eigenvalue weighted by Gasteiger charge is 2.14. The van der Waals surface area contributed by atoms with Gasteiger partial charge in [-0.25, -0.2) is 0 Å². The Kier molecular flexibility index (Phi) is 6.03. The first-order valence-corrected chi connectivity index (χ1v) is 5.80. The van der Waals surface area contributed by atoms with E-state index >= 15 is 0 Å². The normalized spacial score (nSPS) is 9.15. The number of ether oxygens (including phenoxy) is 3. The van der Waals surface area contributed by atoms with E-state index in [2.05, 4.69) is 4.98 Å². The molecular formula is C15H17NO4. The predicted octanol–water partition coefficient (Wildman–Crippen LogP) is 2.59. The van der Waals surface area contributed by atoms with Gasteiger partial charge < -0.3 is 19.0 Å². The molecule has 0 atom stereocenters. The van der Waals surface area contributed by atoms with Crippen molar-refractivity contribution in [2.24, 2.45) is 0 Å². The van der Waals surface area contributed by atoms with Crippen molar-refractivity contribution < 1.29 is 19.0 Å². The summed E-state index contributed by atoms with van der Waals surface area (Å²) in [6.07, 6.45) is 1.75. The van der Waals surface area contributed by atoms with Crippen LogP contribution < -0.4 is 14.2 Å². The smallest absolute Gasteiger partial charge is 0.203 e. The monoisotopic (exact) mass is 275 g/mol. The van der Waals surface area contributed by atoms with Gasteiger partial charge in [-0.3, -0.25) is 4.98 Å². The molecule has 1 aromatic heterocycles. The topological polar surface area (TPSA) is 57.7 Å². The van der Waals surface area contributed by atoms with E-state index in [4.69, 9.17) is 19.0 Å². The second kappa shape index (κ2) is 7.78. The minimum atomic E-state index is 0.583. The summed E-state index contributed by atoms with van der Waals surface area (Å²) in [6, 6.07) is 9.50. The molecule has 0 saturated heterocycles. The number of aromatic nitrogens is 1. The first kappa shape index (κ1) is 15.5. The molecule has 106 valence electrons. The van der Waals surface area contributed by atoms with E-state index in [9.17, 15) is 0 Å². The van der Waals surface area contributed by atoms with Crippen molar-refractivity contribution in [2.75, 3.05) is 21.3 Å². The number of carbonyl (C=O) groups is 1. The Bertz CT molecular complexity index is 518. The maximum absolute atomic E-state index is 8.00. The van der Waals surface area contributed by atoms with Crippen LogP contribution in [0, 0.1) is 0 Å². The van der Waals surface area contributed by atoms with Gasteiger partial charge in [0, 0.05) is 11.8 Å². The Morgan fingerprint density at radius 1 is 0.950 bits per heavy atom. The molecule has 2 rings (SSSR count). The molecule has 2 aromatic rings. The second-order valence-corrected chi connectivity index (χ2v) is 3.63. The molecule has 5 nitrogen and oxygen atoms in total. The zero-order chi connectivity index (χ0) is 15.0. The molecule has 0 bridgehead atoms. The number of hydrogen-bond donors (Lipinski definition) is 0. The lowest BCUT2D eigenvalue weighted by atomic mass is 10.1. The molecule has 0 aliphatic carbocycles. The molecule has 1 heterocycles. The fourth-order valence-electron chi connectivity index (χ4n) is 1.76. The number of carbonyl (C=O) groups excluding carboxylic acids is 1. The zero-order valence-corrected chi connectivity index (χ0v) is 11.8. The van der Waals surface area contributed by atoms with Crippen molar-refractivity contribution in [3.8, 4) is 28.5 Å². The van der Waals surface area contributed by atoms with Crippen LogP contribution in [0.3, 0.4) is 0 Å². The van der Waals surface area contributed by atoms with Crippen LogP contribution in [0.4, 0.5) is 0 Å². The molecule has 0 aliphatic heterocycles. The third kappa shape index (κ3) is 3.26. The van der Waals surface area contributed by atoms with E-state index < -0.39 is 0 Å². The molecule has 1 aromatic carbocycles. The van der Waals surface area contributed by atoms with Gasteiger partial charge in [0.15, 0.2) is 11.5 Å². The first-order valence-electron chi connectivity index (χ1n) is 5.80. The summed E-state index contributed by atoms with van der Waals surface area (Å²) in [7, 11) is 4.78. The number of nitrogens with zero attached hydrogens (tertiary/aromatic N) is 1. The molecule has 5 heteroatoms. The molecule has 0 aliphatic rings. The van der Waals surface area contributed by atoms with Gasteiger partial charge in [0.25, 0.3) is 0 Å². The number of rotatable bonds is 4. The van der Waals surface area contributed by atoms with E-state index in [1.165, 1.54) is 0 Å². The van der Waals surface area contributed by atoms with Gasteiger partial charge in [-0.05, 0) is 24.3 Å². The fourth-order valence-corrected chi connectivity index (χ4v) is 1.76. The Hall–Kier alpha value is -2.56. The quantitative estimate of drug-likeness (QED) is 0.858. The van der Waals surface area contributed by atoms with E-state index in [0.29, 0.717) is 17.2 Å². The average molecular weight is 275 g/mol. The fraction of sp³-hybridized carbons (Fsp3) is 0.200. The zero-order valence-electron chi connectivity index (χ0n) is 11.8. The third-order valence-corrected chi connectivity index (χ3v) is 2.63. The van der Waals surface area contributed by atoms with Crippen LogP contribution in [0.25, 0.3) is 11.3 Å². The van der Waals surface area contributed by atoms with Crippen molar-refractivity contribution in [2.45, 2.75) is 0 Å². The lowest BCUT2D eigenvalue weighted by molar-refractivity contribution is -0.0979. The Morgan fingerprint density at radius 3 is 1.95 bits per heavy atom. The van der Waals surface area contributed by atoms with E-state index in [0.717, 1.165) is 11.3 Å². The highest BCUT2D eigenvalue weighted by Crippen LogP contribution is 2.40. The summed E-state index contributed by atoms with van der Waals surface area (Å²) >= 11 is 0.